The minimum Gasteiger partial charge on any atom is -0.480 e. The van der Waals surface area contributed by atoms with E-state index in [-0.39, 0.29) is 5.91 Å². The molecular weight excluding hydrogens is 272 g/mol. The maximum Gasteiger partial charge on any atom is 0.322 e. The molecule has 114 valence electrons. The molecule has 0 saturated carbocycles. The van der Waals surface area contributed by atoms with E-state index in [1.807, 2.05) is 20.8 Å². The summed E-state index contributed by atoms with van der Waals surface area (Å²) in [6.45, 7) is 5.34. The number of carbonyl (C=O) groups is 3. The van der Waals surface area contributed by atoms with E-state index < -0.39 is 23.8 Å². The summed E-state index contributed by atoms with van der Waals surface area (Å²) in [5, 5.41) is 13.6. The molecule has 0 atom stereocenters. The summed E-state index contributed by atoms with van der Waals surface area (Å²) in [7, 11) is 0. The monoisotopic (exact) mass is 292 g/mol. The van der Waals surface area contributed by atoms with Crippen LogP contribution in [0.3, 0.4) is 0 Å². The fourth-order valence-electron chi connectivity index (χ4n) is 1.53. The molecule has 0 aliphatic rings. The van der Waals surface area contributed by atoms with Gasteiger partial charge in [0, 0.05) is 17.5 Å². The summed E-state index contributed by atoms with van der Waals surface area (Å²) < 4.78 is 0. The largest absolute Gasteiger partial charge is 0.480 e. The minimum absolute atomic E-state index is 0.0803. The van der Waals surface area contributed by atoms with Gasteiger partial charge in [-0.3, -0.25) is 14.4 Å². The second kappa shape index (κ2) is 6.88. The van der Waals surface area contributed by atoms with E-state index >= 15 is 0 Å². The quantitative estimate of drug-likeness (QED) is 0.759. The van der Waals surface area contributed by atoms with Gasteiger partial charge in [0.2, 0.25) is 5.91 Å². The van der Waals surface area contributed by atoms with Crippen LogP contribution in [0.25, 0.3) is 0 Å². The molecule has 0 heterocycles. The van der Waals surface area contributed by atoms with Gasteiger partial charge in [-0.25, -0.2) is 0 Å². The van der Waals surface area contributed by atoms with Crippen LogP contribution in [0.2, 0.25) is 0 Å². The molecule has 0 spiro atoms. The van der Waals surface area contributed by atoms with Crippen molar-refractivity contribution in [3.8, 4) is 0 Å². The summed E-state index contributed by atoms with van der Waals surface area (Å²) in [5.41, 5.74) is 0.658. The number of carboxylic acids is 1. The van der Waals surface area contributed by atoms with Crippen molar-refractivity contribution in [2.45, 2.75) is 27.3 Å². The Bertz CT molecular complexity index is 547. The first-order chi connectivity index (χ1) is 9.70. The number of rotatable bonds is 5. The summed E-state index contributed by atoms with van der Waals surface area (Å²) in [6, 6.07) is 6.69. The van der Waals surface area contributed by atoms with Crippen LogP contribution in [0.4, 0.5) is 0 Å². The highest BCUT2D eigenvalue weighted by Gasteiger charge is 2.20. The van der Waals surface area contributed by atoms with Crippen molar-refractivity contribution in [1.82, 2.24) is 10.6 Å². The van der Waals surface area contributed by atoms with Crippen LogP contribution >= 0.6 is 0 Å². The van der Waals surface area contributed by atoms with Gasteiger partial charge in [-0.1, -0.05) is 32.9 Å². The number of amides is 2. The number of aliphatic carboxylic acids is 1. The molecule has 0 aromatic heterocycles. The van der Waals surface area contributed by atoms with Crippen molar-refractivity contribution in [2.75, 3.05) is 6.54 Å². The highest BCUT2D eigenvalue weighted by Crippen LogP contribution is 2.13. The van der Waals surface area contributed by atoms with Gasteiger partial charge in [0.05, 0.1) is 0 Å². The zero-order valence-corrected chi connectivity index (χ0v) is 12.4. The average Bonchev–Trinajstić information content (AvgIpc) is 2.41. The van der Waals surface area contributed by atoms with E-state index in [1.165, 1.54) is 0 Å². The molecule has 0 saturated heterocycles. The van der Waals surface area contributed by atoms with E-state index in [9.17, 15) is 14.4 Å². The van der Waals surface area contributed by atoms with Crippen LogP contribution in [0.15, 0.2) is 24.3 Å². The lowest BCUT2D eigenvalue weighted by Crippen LogP contribution is -2.34. The van der Waals surface area contributed by atoms with Gasteiger partial charge in [0.25, 0.3) is 5.91 Å². The zero-order chi connectivity index (χ0) is 16.0. The third-order valence-corrected chi connectivity index (χ3v) is 2.72. The van der Waals surface area contributed by atoms with Crippen LogP contribution in [-0.4, -0.2) is 29.4 Å². The van der Waals surface area contributed by atoms with Crippen LogP contribution in [-0.2, 0) is 16.1 Å². The molecule has 6 heteroatoms. The number of hydrogen-bond donors (Lipinski definition) is 3. The summed E-state index contributed by atoms with van der Waals surface area (Å²) in [4.78, 5) is 33.9. The van der Waals surface area contributed by atoms with Gasteiger partial charge in [-0.05, 0) is 17.7 Å². The second-order valence-corrected chi connectivity index (χ2v) is 5.71. The van der Waals surface area contributed by atoms with Gasteiger partial charge in [-0.2, -0.15) is 0 Å². The highest BCUT2D eigenvalue weighted by molar-refractivity contribution is 5.95. The van der Waals surface area contributed by atoms with Crippen LogP contribution < -0.4 is 10.6 Å². The Morgan fingerprint density at radius 1 is 1.14 bits per heavy atom. The number of nitrogens with one attached hydrogen (secondary N) is 2. The molecule has 0 fully saturated rings. The Kier molecular flexibility index (Phi) is 5.46. The van der Waals surface area contributed by atoms with Crippen molar-refractivity contribution in [3.05, 3.63) is 35.4 Å². The molecule has 0 unspecified atom stereocenters. The normalized spacial score (nSPS) is 10.8. The third-order valence-electron chi connectivity index (χ3n) is 2.72. The molecule has 0 aliphatic heterocycles. The van der Waals surface area contributed by atoms with Crippen LogP contribution in [0.1, 0.15) is 36.7 Å². The van der Waals surface area contributed by atoms with Crippen molar-refractivity contribution >= 4 is 17.8 Å². The Balaban J connectivity index is 2.66. The van der Waals surface area contributed by atoms with E-state index in [2.05, 4.69) is 10.6 Å². The molecule has 21 heavy (non-hydrogen) atoms. The van der Waals surface area contributed by atoms with Crippen LogP contribution in [0.5, 0.6) is 0 Å². The van der Waals surface area contributed by atoms with E-state index in [0.29, 0.717) is 12.1 Å². The predicted molar refractivity (Wildman–Crippen MR) is 77.7 cm³/mol. The van der Waals surface area contributed by atoms with Crippen molar-refractivity contribution in [3.63, 3.8) is 0 Å². The minimum atomic E-state index is -1.10. The van der Waals surface area contributed by atoms with Crippen LogP contribution in [0, 0.1) is 5.41 Å². The van der Waals surface area contributed by atoms with E-state index in [1.54, 1.807) is 24.3 Å². The zero-order valence-electron chi connectivity index (χ0n) is 12.4. The number of benzene rings is 1. The molecule has 1 aromatic carbocycles. The van der Waals surface area contributed by atoms with Gasteiger partial charge < -0.3 is 15.7 Å². The van der Waals surface area contributed by atoms with Gasteiger partial charge in [-0.15, -0.1) is 0 Å². The lowest BCUT2D eigenvalue weighted by molar-refractivity contribution is -0.135. The standard InChI is InChI=1S/C15H20N2O4/c1-15(2,3)14(21)17-8-10-5-4-6-11(7-10)13(20)16-9-12(18)19/h4-7H,8-9H2,1-3H3,(H,16,20)(H,17,21)(H,18,19). The summed E-state index contributed by atoms with van der Waals surface area (Å²) >= 11 is 0. The highest BCUT2D eigenvalue weighted by atomic mass is 16.4. The fourth-order valence-corrected chi connectivity index (χ4v) is 1.53. The van der Waals surface area contributed by atoms with Crippen molar-refractivity contribution in [2.24, 2.45) is 5.41 Å². The summed E-state index contributed by atoms with van der Waals surface area (Å²) in [6.07, 6.45) is 0. The number of carboxylic acid groups (broad SMARTS) is 1. The first-order valence-corrected chi connectivity index (χ1v) is 6.57. The SMILES string of the molecule is CC(C)(C)C(=O)NCc1cccc(C(=O)NCC(=O)O)c1. The van der Waals surface area contributed by atoms with Gasteiger partial charge in [0.1, 0.15) is 6.54 Å². The molecular formula is C15H20N2O4. The summed E-state index contributed by atoms with van der Waals surface area (Å²) in [5.74, 6) is -1.64. The molecule has 3 N–H and O–H groups in total. The smallest absolute Gasteiger partial charge is 0.322 e. The molecule has 0 bridgehead atoms. The molecule has 1 rings (SSSR count). The third kappa shape index (κ3) is 5.64. The first-order valence-electron chi connectivity index (χ1n) is 6.57. The topological polar surface area (TPSA) is 95.5 Å². The number of hydrogen-bond acceptors (Lipinski definition) is 3. The predicted octanol–water partition coefficient (Wildman–Crippen LogP) is 1.16. The van der Waals surface area contributed by atoms with Crippen molar-refractivity contribution < 1.29 is 19.5 Å². The maximum absolute atomic E-state index is 11.8. The fraction of sp³-hybridized carbons (Fsp3) is 0.400. The molecule has 1 aromatic rings. The lowest BCUT2D eigenvalue weighted by Gasteiger charge is -2.17. The maximum atomic E-state index is 11.8. The van der Waals surface area contributed by atoms with Gasteiger partial charge >= 0.3 is 5.97 Å². The Morgan fingerprint density at radius 3 is 2.38 bits per heavy atom. The van der Waals surface area contributed by atoms with E-state index in [4.69, 9.17) is 5.11 Å². The number of carbonyl (C=O) groups excluding carboxylic acids is 2. The molecule has 0 radical (unpaired) electrons. The molecule has 0 aliphatic carbocycles. The lowest BCUT2D eigenvalue weighted by atomic mass is 9.95. The first kappa shape index (κ1) is 16.7. The van der Waals surface area contributed by atoms with Crippen molar-refractivity contribution in [1.29, 1.82) is 0 Å². The average molecular weight is 292 g/mol. The Hall–Kier alpha value is -2.37. The molecule has 6 nitrogen and oxygen atoms in total. The Labute approximate surface area is 123 Å². The van der Waals surface area contributed by atoms with E-state index in [0.717, 1.165) is 5.56 Å². The van der Waals surface area contributed by atoms with Gasteiger partial charge in [0.15, 0.2) is 0 Å². The second-order valence-electron chi connectivity index (χ2n) is 5.71. The Morgan fingerprint density at radius 2 is 1.81 bits per heavy atom. The molecule has 2 amide bonds.